The molecule has 1 fully saturated rings. The van der Waals surface area contributed by atoms with Crippen LogP contribution in [0, 0.1) is 30.0 Å². The van der Waals surface area contributed by atoms with Gasteiger partial charge in [-0.15, -0.1) is 0 Å². The summed E-state index contributed by atoms with van der Waals surface area (Å²) in [5, 5.41) is 14.9. The monoisotopic (exact) mass is 275 g/mol. The third kappa shape index (κ3) is 3.27. The zero-order valence-corrected chi connectivity index (χ0v) is 11.7. The largest absolute Gasteiger partial charge is 0.376 e. The maximum Gasteiger partial charge on any atom is 0.240 e. The summed E-state index contributed by atoms with van der Waals surface area (Å²) in [6, 6.07) is 6.53. The standard InChI is InChI=1S/C15H18FN3O/c1-10-7-12(16)5-6-13(10)18-8-14(20)19-15(2,9-17)11-3-4-11/h5-7,11,18H,3-4,8H2,1-2H3,(H,19,20)/t15-/m0/s1. The summed E-state index contributed by atoms with van der Waals surface area (Å²) >= 11 is 0. The number of nitrogens with one attached hydrogen (secondary N) is 2. The van der Waals surface area contributed by atoms with Crippen LogP contribution in [0.2, 0.25) is 0 Å². The second-order valence-corrected chi connectivity index (χ2v) is 5.45. The number of aryl methyl sites for hydroxylation is 1. The second-order valence-electron chi connectivity index (χ2n) is 5.45. The van der Waals surface area contributed by atoms with Crippen LogP contribution in [0.5, 0.6) is 0 Å². The molecule has 0 bridgehead atoms. The van der Waals surface area contributed by atoms with Gasteiger partial charge in [0.15, 0.2) is 0 Å². The molecule has 0 saturated heterocycles. The number of nitriles is 1. The van der Waals surface area contributed by atoms with Crippen LogP contribution in [0.4, 0.5) is 10.1 Å². The Bertz CT molecular complexity index is 563. The molecule has 1 aliphatic carbocycles. The van der Waals surface area contributed by atoms with Gasteiger partial charge >= 0.3 is 0 Å². The average Bonchev–Trinajstić information content (AvgIpc) is 3.22. The third-order valence-electron chi connectivity index (χ3n) is 3.65. The predicted octanol–water partition coefficient (Wildman–Crippen LogP) is 2.35. The topological polar surface area (TPSA) is 64.9 Å². The van der Waals surface area contributed by atoms with Crippen LogP contribution >= 0.6 is 0 Å². The lowest BCUT2D eigenvalue weighted by Gasteiger charge is -2.23. The van der Waals surface area contributed by atoms with Crippen molar-refractivity contribution < 1.29 is 9.18 Å². The van der Waals surface area contributed by atoms with Crippen molar-refractivity contribution in [1.29, 1.82) is 5.26 Å². The van der Waals surface area contributed by atoms with E-state index in [9.17, 15) is 14.4 Å². The number of rotatable bonds is 5. The van der Waals surface area contributed by atoms with Crippen molar-refractivity contribution in [1.82, 2.24) is 5.32 Å². The minimum atomic E-state index is -0.781. The van der Waals surface area contributed by atoms with Gasteiger partial charge in [0.1, 0.15) is 11.4 Å². The molecule has 106 valence electrons. The van der Waals surface area contributed by atoms with E-state index in [1.165, 1.54) is 12.1 Å². The molecule has 0 heterocycles. The fourth-order valence-electron chi connectivity index (χ4n) is 2.22. The van der Waals surface area contributed by atoms with Crippen LogP contribution in [-0.4, -0.2) is 18.0 Å². The highest BCUT2D eigenvalue weighted by Gasteiger charge is 2.42. The van der Waals surface area contributed by atoms with Crippen molar-refractivity contribution in [3.8, 4) is 6.07 Å². The molecule has 4 nitrogen and oxygen atoms in total. The number of halogens is 1. The van der Waals surface area contributed by atoms with Crippen molar-refractivity contribution in [3.05, 3.63) is 29.6 Å². The number of benzene rings is 1. The second kappa shape index (κ2) is 5.49. The molecular formula is C15H18FN3O. The summed E-state index contributed by atoms with van der Waals surface area (Å²) in [5.74, 6) is -0.281. The number of carbonyl (C=O) groups excluding carboxylic acids is 1. The zero-order chi connectivity index (χ0) is 14.8. The first kappa shape index (κ1) is 14.3. The summed E-state index contributed by atoms with van der Waals surface area (Å²) in [6.07, 6.45) is 1.96. The van der Waals surface area contributed by atoms with Gasteiger partial charge in [0.25, 0.3) is 0 Å². The Hall–Kier alpha value is -2.09. The normalized spacial score (nSPS) is 16.9. The number of amides is 1. The van der Waals surface area contributed by atoms with Crippen molar-refractivity contribution in [2.45, 2.75) is 32.2 Å². The van der Waals surface area contributed by atoms with Crippen LogP contribution in [-0.2, 0) is 4.79 Å². The Labute approximate surface area is 118 Å². The Morgan fingerprint density at radius 2 is 2.25 bits per heavy atom. The summed E-state index contributed by atoms with van der Waals surface area (Å²) < 4.78 is 13.0. The van der Waals surface area contributed by atoms with E-state index in [1.807, 2.05) is 0 Å². The zero-order valence-electron chi connectivity index (χ0n) is 11.7. The van der Waals surface area contributed by atoms with Crippen molar-refractivity contribution in [3.63, 3.8) is 0 Å². The minimum Gasteiger partial charge on any atom is -0.376 e. The van der Waals surface area contributed by atoms with Crippen molar-refractivity contribution in [2.24, 2.45) is 5.92 Å². The van der Waals surface area contributed by atoms with Crippen LogP contribution in [0.1, 0.15) is 25.3 Å². The molecule has 0 aromatic heterocycles. The molecule has 20 heavy (non-hydrogen) atoms. The average molecular weight is 275 g/mol. The van der Waals surface area contributed by atoms with E-state index in [-0.39, 0.29) is 24.2 Å². The van der Waals surface area contributed by atoms with E-state index >= 15 is 0 Å². The van der Waals surface area contributed by atoms with Crippen molar-refractivity contribution in [2.75, 3.05) is 11.9 Å². The summed E-state index contributed by atoms with van der Waals surface area (Å²) in [5.41, 5.74) is 0.672. The van der Waals surface area contributed by atoms with Crippen LogP contribution in [0.15, 0.2) is 18.2 Å². The number of hydrogen-bond donors (Lipinski definition) is 2. The maximum atomic E-state index is 13.0. The molecule has 2 rings (SSSR count). The molecule has 0 aliphatic heterocycles. The Kier molecular flexibility index (Phi) is 3.93. The van der Waals surface area contributed by atoms with Gasteiger partial charge in [-0.1, -0.05) is 0 Å². The van der Waals surface area contributed by atoms with Gasteiger partial charge in [-0.05, 0) is 56.4 Å². The summed E-state index contributed by atoms with van der Waals surface area (Å²) in [6.45, 7) is 3.59. The molecule has 1 atom stereocenters. The van der Waals surface area contributed by atoms with E-state index < -0.39 is 5.54 Å². The lowest BCUT2D eigenvalue weighted by atomic mass is 9.98. The smallest absolute Gasteiger partial charge is 0.240 e. The molecule has 5 heteroatoms. The van der Waals surface area contributed by atoms with Gasteiger partial charge in [-0.3, -0.25) is 4.79 Å². The predicted molar refractivity (Wildman–Crippen MR) is 74.5 cm³/mol. The molecule has 0 spiro atoms. The highest BCUT2D eigenvalue weighted by Crippen LogP contribution is 2.39. The van der Waals surface area contributed by atoms with E-state index in [4.69, 9.17) is 0 Å². The first-order chi connectivity index (χ1) is 9.44. The fraction of sp³-hybridized carbons (Fsp3) is 0.467. The molecule has 1 amide bonds. The lowest BCUT2D eigenvalue weighted by Crippen LogP contribution is -2.48. The van der Waals surface area contributed by atoms with Gasteiger partial charge in [-0.25, -0.2) is 4.39 Å². The van der Waals surface area contributed by atoms with Crippen LogP contribution in [0.25, 0.3) is 0 Å². The molecular weight excluding hydrogens is 257 g/mol. The number of nitrogens with zero attached hydrogens (tertiary/aromatic N) is 1. The van der Waals surface area contributed by atoms with Gasteiger partial charge in [0.05, 0.1) is 12.6 Å². The lowest BCUT2D eigenvalue weighted by molar-refractivity contribution is -0.120. The Morgan fingerprint density at radius 1 is 1.55 bits per heavy atom. The molecule has 1 aliphatic rings. The minimum absolute atomic E-state index is 0.0659. The quantitative estimate of drug-likeness (QED) is 0.867. The fourth-order valence-corrected chi connectivity index (χ4v) is 2.22. The van der Waals surface area contributed by atoms with E-state index in [2.05, 4.69) is 16.7 Å². The first-order valence-corrected chi connectivity index (χ1v) is 6.67. The number of anilines is 1. The third-order valence-corrected chi connectivity index (χ3v) is 3.65. The van der Waals surface area contributed by atoms with Crippen molar-refractivity contribution >= 4 is 11.6 Å². The molecule has 1 aromatic rings. The molecule has 1 saturated carbocycles. The highest BCUT2D eigenvalue weighted by molar-refractivity contribution is 5.82. The molecule has 2 N–H and O–H groups in total. The van der Waals surface area contributed by atoms with Gasteiger partial charge < -0.3 is 10.6 Å². The first-order valence-electron chi connectivity index (χ1n) is 6.67. The van der Waals surface area contributed by atoms with E-state index in [1.54, 1.807) is 19.9 Å². The highest BCUT2D eigenvalue weighted by atomic mass is 19.1. The van der Waals surface area contributed by atoms with E-state index in [0.29, 0.717) is 5.69 Å². The molecule has 1 aromatic carbocycles. The summed E-state index contributed by atoms with van der Waals surface area (Å²) in [7, 11) is 0. The number of carbonyl (C=O) groups is 1. The van der Waals surface area contributed by atoms with Gasteiger partial charge in [-0.2, -0.15) is 5.26 Å². The molecule has 0 unspecified atom stereocenters. The van der Waals surface area contributed by atoms with Crippen LogP contribution < -0.4 is 10.6 Å². The number of hydrogen-bond acceptors (Lipinski definition) is 3. The maximum absolute atomic E-state index is 13.0. The summed E-state index contributed by atoms with van der Waals surface area (Å²) in [4.78, 5) is 11.9. The Morgan fingerprint density at radius 3 is 2.80 bits per heavy atom. The van der Waals surface area contributed by atoms with Gasteiger partial charge in [0.2, 0.25) is 5.91 Å². The SMILES string of the molecule is Cc1cc(F)ccc1NCC(=O)N[C@@](C)(C#N)C1CC1. The van der Waals surface area contributed by atoms with E-state index in [0.717, 1.165) is 18.4 Å². The van der Waals surface area contributed by atoms with Crippen LogP contribution in [0.3, 0.4) is 0 Å². The molecule has 0 radical (unpaired) electrons. The Balaban J connectivity index is 1.90. The van der Waals surface area contributed by atoms with Gasteiger partial charge in [0, 0.05) is 5.69 Å².